The van der Waals surface area contributed by atoms with Crippen LogP contribution >= 0.6 is 0 Å². The van der Waals surface area contributed by atoms with Gasteiger partial charge >= 0.3 is 0 Å². The third-order valence-electron chi connectivity index (χ3n) is 2.80. The first-order valence-electron chi connectivity index (χ1n) is 5.33. The fourth-order valence-corrected chi connectivity index (χ4v) is 1.99. The monoisotopic (exact) mass is 232 g/mol. The lowest BCUT2D eigenvalue weighted by atomic mass is 10.1. The average molecular weight is 232 g/mol. The van der Waals surface area contributed by atoms with Gasteiger partial charge in [0.05, 0.1) is 16.6 Å². The molecule has 0 fully saturated rings. The van der Waals surface area contributed by atoms with E-state index in [1.165, 1.54) is 18.2 Å². The molecule has 0 unspecified atom stereocenters. The highest BCUT2D eigenvalue weighted by atomic mass is 19.1. The Hall–Kier alpha value is -2.10. The number of halogens is 2. The van der Waals surface area contributed by atoms with E-state index >= 15 is 0 Å². The molecule has 86 valence electrons. The topological polar surface area (TPSA) is 27.8 Å². The van der Waals surface area contributed by atoms with Crippen molar-refractivity contribution < 1.29 is 8.78 Å². The summed E-state index contributed by atoms with van der Waals surface area (Å²) >= 11 is 0. The lowest BCUT2D eigenvalue weighted by molar-refractivity contribution is 0.589. The Balaban J connectivity index is 2.27. The first-order valence-corrected chi connectivity index (χ1v) is 5.33. The number of aromatic nitrogens is 1. The molecule has 2 N–H and O–H groups in total. The van der Waals surface area contributed by atoms with Crippen LogP contribution in [-0.2, 0) is 0 Å². The maximum absolute atomic E-state index is 13.6. The van der Waals surface area contributed by atoms with E-state index in [0.717, 1.165) is 17.1 Å². The first kappa shape index (κ1) is 10.1. The van der Waals surface area contributed by atoms with Gasteiger partial charge in [0.2, 0.25) is 0 Å². The molecule has 0 saturated heterocycles. The van der Waals surface area contributed by atoms with E-state index in [9.17, 15) is 8.78 Å². The van der Waals surface area contributed by atoms with Crippen LogP contribution in [0.2, 0.25) is 0 Å². The van der Waals surface area contributed by atoms with Gasteiger partial charge in [-0.05, 0) is 23.4 Å². The zero-order chi connectivity index (χ0) is 11.8. The number of benzene rings is 1. The molecule has 1 aromatic heterocycles. The van der Waals surface area contributed by atoms with Crippen LogP contribution in [0.3, 0.4) is 0 Å². The van der Waals surface area contributed by atoms with Gasteiger partial charge in [0.25, 0.3) is 0 Å². The molecule has 17 heavy (non-hydrogen) atoms. The molecule has 2 nitrogen and oxygen atoms in total. The molecule has 4 heteroatoms. The minimum absolute atomic E-state index is 0.0105. The Bertz CT molecular complexity index is 632. The van der Waals surface area contributed by atoms with Gasteiger partial charge in [-0.2, -0.15) is 0 Å². The first-order chi connectivity index (χ1) is 8.25. The summed E-state index contributed by atoms with van der Waals surface area (Å²) < 4.78 is 27.2. The lowest BCUT2D eigenvalue weighted by Gasteiger charge is -2.01. The number of fused-ring (bicyclic) bond motifs is 1. The summed E-state index contributed by atoms with van der Waals surface area (Å²) in [7, 11) is 0. The third kappa shape index (κ3) is 1.62. The summed E-state index contributed by atoms with van der Waals surface area (Å²) in [6, 6.07) is 5.62. The molecule has 0 aliphatic carbocycles. The molecule has 3 rings (SSSR count). The summed E-state index contributed by atoms with van der Waals surface area (Å²) in [5, 5.41) is 4.84. The molecule has 0 atom stereocenters. The van der Waals surface area contributed by atoms with Crippen LogP contribution in [0, 0.1) is 11.6 Å². The fraction of sp³-hybridized carbons (Fsp3) is 0.0769. The van der Waals surface area contributed by atoms with E-state index in [1.807, 2.05) is 6.08 Å². The Labute approximate surface area is 96.3 Å². The second kappa shape index (κ2) is 3.73. The second-order valence-electron chi connectivity index (χ2n) is 3.91. The van der Waals surface area contributed by atoms with E-state index in [2.05, 4.69) is 10.3 Å². The zero-order valence-electron chi connectivity index (χ0n) is 8.93. The highest BCUT2D eigenvalue weighted by Crippen LogP contribution is 2.22. The van der Waals surface area contributed by atoms with Crippen molar-refractivity contribution in [2.24, 2.45) is 0 Å². The van der Waals surface area contributed by atoms with Gasteiger partial charge in [0.15, 0.2) is 0 Å². The van der Waals surface area contributed by atoms with Gasteiger partial charge in [-0.25, -0.2) is 8.78 Å². The summed E-state index contributed by atoms with van der Waals surface area (Å²) in [4.78, 5) is 3.00. The summed E-state index contributed by atoms with van der Waals surface area (Å²) in [6.07, 6.45) is 3.77. The van der Waals surface area contributed by atoms with Crippen molar-refractivity contribution >= 4 is 12.3 Å². The van der Waals surface area contributed by atoms with Gasteiger partial charge in [-0.3, -0.25) is 0 Å². The normalized spacial score (nSPS) is 13.3. The average Bonchev–Trinajstić information content (AvgIpc) is 2.71. The van der Waals surface area contributed by atoms with Crippen molar-refractivity contribution in [1.29, 1.82) is 0 Å². The molecule has 0 spiro atoms. The van der Waals surface area contributed by atoms with E-state index in [1.54, 1.807) is 12.3 Å². The maximum Gasteiger partial charge on any atom is 0.135 e. The van der Waals surface area contributed by atoms with Crippen molar-refractivity contribution in [2.75, 3.05) is 6.54 Å². The van der Waals surface area contributed by atoms with Crippen molar-refractivity contribution in [3.05, 3.63) is 46.5 Å². The SMILES string of the molecule is Fc1cccc(F)c1-c1cc2c([nH]1)=CNCC=2. The molecule has 1 aromatic carbocycles. The standard InChI is InChI=1S/C13H10F2N2/c14-9-2-1-3-10(15)13(9)11-6-8-4-5-16-7-12(8)17-11/h1-4,6-7,16-17H,5H2. The van der Waals surface area contributed by atoms with E-state index in [4.69, 9.17) is 0 Å². The Morgan fingerprint density at radius 2 is 1.88 bits per heavy atom. The largest absolute Gasteiger partial charge is 0.386 e. The number of rotatable bonds is 1. The van der Waals surface area contributed by atoms with Crippen LogP contribution in [0.5, 0.6) is 0 Å². The zero-order valence-corrected chi connectivity index (χ0v) is 8.93. The van der Waals surface area contributed by atoms with E-state index < -0.39 is 11.6 Å². The molecular weight excluding hydrogens is 222 g/mol. The molecule has 0 saturated carbocycles. The van der Waals surface area contributed by atoms with Crippen LogP contribution in [0.25, 0.3) is 23.5 Å². The van der Waals surface area contributed by atoms with Gasteiger partial charge in [-0.15, -0.1) is 0 Å². The summed E-state index contributed by atoms with van der Waals surface area (Å²) in [5.74, 6) is -1.12. The smallest absolute Gasteiger partial charge is 0.135 e. The summed E-state index contributed by atoms with van der Waals surface area (Å²) in [5.41, 5.74) is 0.450. The summed E-state index contributed by atoms with van der Waals surface area (Å²) in [6.45, 7) is 0.726. The van der Waals surface area contributed by atoms with Gasteiger partial charge in [0, 0.05) is 12.7 Å². The molecule has 2 heterocycles. The van der Waals surface area contributed by atoms with Crippen LogP contribution in [-0.4, -0.2) is 11.5 Å². The van der Waals surface area contributed by atoms with Crippen LogP contribution in [0.15, 0.2) is 24.3 Å². The van der Waals surface area contributed by atoms with Gasteiger partial charge < -0.3 is 10.3 Å². The molecule has 2 aromatic rings. The maximum atomic E-state index is 13.6. The molecule has 0 bridgehead atoms. The highest BCUT2D eigenvalue weighted by molar-refractivity contribution is 5.62. The van der Waals surface area contributed by atoms with Crippen LogP contribution in [0.4, 0.5) is 8.78 Å². The number of hydrogen-bond donors (Lipinski definition) is 2. The number of H-pyrrole nitrogens is 1. The van der Waals surface area contributed by atoms with Gasteiger partial charge in [0.1, 0.15) is 11.6 Å². The minimum atomic E-state index is -0.559. The second-order valence-corrected chi connectivity index (χ2v) is 3.91. The van der Waals surface area contributed by atoms with Crippen molar-refractivity contribution in [3.8, 4) is 11.3 Å². The van der Waals surface area contributed by atoms with Crippen molar-refractivity contribution in [2.45, 2.75) is 0 Å². The molecule has 0 radical (unpaired) electrons. The van der Waals surface area contributed by atoms with Crippen molar-refractivity contribution in [1.82, 2.24) is 10.3 Å². The lowest BCUT2D eigenvalue weighted by Crippen LogP contribution is -2.31. The van der Waals surface area contributed by atoms with Gasteiger partial charge in [-0.1, -0.05) is 12.1 Å². The Kier molecular flexibility index (Phi) is 2.21. The van der Waals surface area contributed by atoms with Crippen LogP contribution in [0.1, 0.15) is 0 Å². The third-order valence-corrected chi connectivity index (χ3v) is 2.80. The van der Waals surface area contributed by atoms with Crippen molar-refractivity contribution in [3.63, 3.8) is 0 Å². The highest BCUT2D eigenvalue weighted by Gasteiger charge is 2.12. The van der Waals surface area contributed by atoms with Crippen LogP contribution < -0.4 is 15.9 Å². The molecular formula is C13H10F2N2. The minimum Gasteiger partial charge on any atom is -0.386 e. The quantitative estimate of drug-likeness (QED) is 0.756. The predicted molar refractivity (Wildman–Crippen MR) is 62.3 cm³/mol. The number of hydrogen-bond acceptors (Lipinski definition) is 1. The van der Waals surface area contributed by atoms with E-state index in [-0.39, 0.29) is 5.56 Å². The fourth-order valence-electron chi connectivity index (χ4n) is 1.99. The molecule has 1 aliphatic heterocycles. The Morgan fingerprint density at radius 1 is 1.12 bits per heavy atom. The molecule has 0 amide bonds. The Morgan fingerprint density at radius 3 is 2.59 bits per heavy atom. The number of nitrogens with one attached hydrogen (secondary N) is 2. The number of aromatic amines is 1. The predicted octanol–water partition coefficient (Wildman–Crippen LogP) is 1.08. The van der Waals surface area contributed by atoms with E-state index in [0.29, 0.717) is 5.69 Å². The molecule has 1 aliphatic rings.